The number of nitrogens with zero attached hydrogens (tertiary/aromatic N) is 3. The first-order chi connectivity index (χ1) is 30.2. The maximum atomic E-state index is 14.4. The van der Waals surface area contributed by atoms with Gasteiger partial charge in [0.25, 0.3) is 5.91 Å². The Labute approximate surface area is 388 Å². The molecule has 1 aromatic carbocycles. The Morgan fingerprint density at radius 3 is 2.31 bits per heavy atom. The number of carboxylic acid groups (broad SMARTS) is 1. The summed E-state index contributed by atoms with van der Waals surface area (Å²) in [5.41, 5.74) is 0.312. The van der Waals surface area contributed by atoms with E-state index in [2.05, 4.69) is 20.5 Å². The number of carboxylic acids is 1. The van der Waals surface area contributed by atoms with Crippen LogP contribution in [0.5, 0.6) is 5.75 Å². The van der Waals surface area contributed by atoms with Crippen molar-refractivity contribution in [2.24, 2.45) is 29.1 Å². The quantitative estimate of drug-likeness (QED) is 0.0509. The smallest absolute Gasteiger partial charge is 0.481 e. The third-order valence-corrected chi connectivity index (χ3v) is 13.5. The van der Waals surface area contributed by atoms with Gasteiger partial charge in [-0.2, -0.15) is 0 Å². The summed E-state index contributed by atoms with van der Waals surface area (Å²) in [5, 5.41) is 17.2. The summed E-state index contributed by atoms with van der Waals surface area (Å²) in [6.07, 6.45) is 3.54. The zero-order valence-electron chi connectivity index (χ0n) is 39.9. The van der Waals surface area contributed by atoms with Crippen molar-refractivity contribution in [3.8, 4) is 5.75 Å². The number of thiazole rings is 1. The Balaban J connectivity index is 1.89. The van der Waals surface area contributed by atoms with Gasteiger partial charge >= 0.3 is 19.8 Å². The minimum absolute atomic E-state index is 0.00930. The van der Waals surface area contributed by atoms with Crippen molar-refractivity contribution in [2.45, 2.75) is 151 Å². The van der Waals surface area contributed by atoms with E-state index in [4.69, 9.17) is 9.26 Å². The number of benzene rings is 1. The van der Waals surface area contributed by atoms with Gasteiger partial charge in [0.15, 0.2) is 17.6 Å². The fourth-order valence-electron chi connectivity index (χ4n) is 8.09. The molecule has 1 aliphatic heterocycles. The molecule has 5 N–H and O–H groups in total. The highest BCUT2D eigenvalue weighted by atomic mass is 32.1. The van der Waals surface area contributed by atoms with Crippen LogP contribution in [-0.2, 0) is 39.7 Å². The van der Waals surface area contributed by atoms with Gasteiger partial charge in [-0.05, 0) is 80.6 Å². The summed E-state index contributed by atoms with van der Waals surface area (Å²) in [6.45, 7) is 17.4. The predicted octanol–water partition coefficient (Wildman–Crippen LogP) is 7.41. The summed E-state index contributed by atoms with van der Waals surface area (Å²) in [7, 11) is -1.35. The van der Waals surface area contributed by atoms with Crippen LogP contribution in [0.1, 0.15) is 147 Å². The lowest BCUT2D eigenvalue weighted by molar-refractivity contribution is -0.149. The van der Waals surface area contributed by atoms with E-state index in [9.17, 15) is 48.2 Å². The third-order valence-electron chi connectivity index (χ3n) is 12.1. The Morgan fingerprint density at radius 1 is 1.06 bits per heavy atom. The number of ketones is 1. The van der Waals surface area contributed by atoms with E-state index < -0.39 is 61.6 Å². The number of ether oxygens (including phenoxy) is 1. The number of Topliss-reactive ketones (excluding diaryl/α,β-unsaturated/α-hetero) is 1. The van der Waals surface area contributed by atoms with Crippen molar-refractivity contribution < 1.29 is 57.5 Å². The van der Waals surface area contributed by atoms with Crippen molar-refractivity contribution in [2.75, 3.05) is 26.0 Å². The molecule has 65 heavy (non-hydrogen) atoms. The lowest BCUT2D eigenvalue weighted by Crippen LogP contribution is -2.48. The molecule has 17 nitrogen and oxygen atoms in total. The van der Waals surface area contributed by atoms with Crippen LogP contribution in [-0.4, -0.2) is 104 Å². The molecule has 7 atom stereocenters. The number of hydrogen-bond donors (Lipinski definition) is 5. The van der Waals surface area contributed by atoms with Gasteiger partial charge in [0, 0.05) is 56.6 Å². The maximum Gasteiger partial charge on any atom is 0.524 e. The fraction of sp³-hybridized carbons (Fsp3) is 0.674. The number of amides is 3. The highest BCUT2D eigenvalue weighted by molar-refractivity contribution is 7.46. The molecular weight excluding hydrogens is 878 g/mol. The second-order valence-electron chi connectivity index (χ2n) is 19.2. The summed E-state index contributed by atoms with van der Waals surface area (Å²) < 4.78 is 22.4. The molecule has 3 rings (SSSR count). The second-order valence-corrected chi connectivity index (χ2v) is 21.2. The lowest BCUT2D eigenvalue weighted by Gasteiger charge is -2.37. The van der Waals surface area contributed by atoms with Crippen molar-refractivity contribution in [3.05, 3.63) is 39.8 Å². The number of carbonyl (C=O) groups excluding carboxylic acids is 5. The van der Waals surface area contributed by atoms with Crippen molar-refractivity contribution in [1.82, 2.24) is 20.1 Å². The molecule has 1 aromatic heterocycles. The molecular formula is C46H72N5O12PS. The summed E-state index contributed by atoms with van der Waals surface area (Å²) in [4.78, 5) is 107. The standard InChI is InChI=1S/C46H72N5O12PS/c1-12-28(4)33(24-38(53)36-15-13-14-20-50(36)10)44(56)51(11)37(27(2)3)25-40(62-30(6)52)43-49-35(26-65-43)42(55)47-32(21-29(5)45(57)58)22-31-16-17-39(63-64(59,60)61)34(23-31)48-41(54)18-19-46(7,8)9/h16-17,23,26-29,32-33,36-37,40H,12-15,18-22,24-25H2,1-11H3,(H,47,55)(H,48,54)(H,57,58)(H2,59,60,61)/t28-,29?,32+,33-,36?,37+,40+/m0/s1. The Bertz CT molecular complexity index is 2010. The number of phosphoric acid groups is 1. The second kappa shape index (κ2) is 24.5. The van der Waals surface area contributed by atoms with Crippen LogP contribution < -0.4 is 15.2 Å². The van der Waals surface area contributed by atoms with Gasteiger partial charge in [-0.1, -0.05) is 74.3 Å². The Hall–Kier alpha value is -4.22. The van der Waals surface area contributed by atoms with Crippen molar-refractivity contribution in [3.63, 3.8) is 0 Å². The normalized spacial score (nSPS) is 17.5. The van der Waals surface area contributed by atoms with Gasteiger partial charge in [0.2, 0.25) is 11.8 Å². The van der Waals surface area contributed by atoms with Crippen LogP contribution in [0.2, 0.25) is 0 Å². The van der Waals surface area contributed by atoms with Crippen LogP contribution in [0.25, 0.3) is 0 Å². The number of aliphatic carboxylic acids is 1. The van der Waals surface area contributed by atoms with E-state index in [-0.39, 0.29) is 84.2 Å². The molecule has 3 amide bonds. The highest BCUT2D eigenvalue weighted by Crippen LogP contribution is 2.42. The van der Waals surface area contributed by atoms with Crippen LogP contribution in [0, 0.1) is 29.1 Å². The van der Waals surface area contributed by atoms with E-state index >= 15 is 0 Å². The molecule has 1 saturated heterocycles. The molecule has 2 aromatic rings. The summed E-state index contributed by atoms with van der Waals surface area (Å²) in [5.74, 6) is -4.69. The molecule has 0 saturated carbocycles. The Kier molecular flexibility index (Phi) is 20.8. The molecule has 1 fully saturated rings. The first-order valence-electron chi connectivity index (χ1n) is 22.5. The largest absolute Gasteiger partial charge is 0.524 e. The molecule has 19 heteroatoms. The van der Waals surface area contributed by atoms with Gasteiger partial charge in [-0.15, -0.1) is 11.3 Å². The first-order valence-corrected chi connectivity index (χ1v) is 24.9. The van der Waals surface area contributed by atoms with Gasteiger partial charge in [-0.25, -0.2) is 9.55 Å². The number of phosphoric ester groups is 1. The monoisotopic (exact) mass is 949 g/mol. The molecule has 364 valence electrons. The van der Waals surface area contributed by atoms with Crippen LogP contribution >= 0.6 is 19.2 Å². The predicted molar refractivity (Wildman–Crippen MR) is 248 cm³/mol. The number of anilines is 1. The summed E-state index contributed by atoms with van der Waals surface area (Å²) in [6, 6.07) is 2.78. The van der Waals surface area contributed by atoms with E-state index in [0.29, 0.717) is 23.4 Å². The number of carbonyl (C=O) groups is 6. The van der Waals surface area contributed by atoms with Crippen LogP contribution in [0.3, 0.4) is 0 Å². The van der Waals surface area contributed by atoms with Gasteiger partial charge < -0.3 is 29.9 Å². The van der Waals surface area contributed by atoms with E-state index in [0.717, 1.165) is 37.1 Å². The molecule has 2 heterocycles. The molecule has 2 unspecified atom stereocenters. The first kappa shape index (κ1) is 55.1. The molecule has 0 radical (unpaired) electrons. The zero-order valence-corrected chi connectivity index (χ0v) is 41.6. The van der Waals surface area contributed by atoms with E-state index in [1.807, 2.05) is 55.5 Å². The number of piperidine rings is 1. The zero-order chi connectivity index (χ0) is 49.0. The molecule has 0 bridgehead atoms. The topological polar surface area (TPSA) is 242 Å². The van der Waals surface area contributed by atoms with E-state index in [1.165, 1.54) is 37.4 Å². The van der Waals surface area contributed by atoms with Gasteiger partial charge in [-0.3, -0.25) is 43.5 Å². The number of aromatic nitrogens is 1. The number of nitrogens with one attached hydrogen (secondary N) is 2. The maximum absolute atomic E-state index is 14.4. The average Bonchev–Trinajstić information content (AvgIpc) is 3.70. The van der Waals surface area contributed by atoms with Crippen LogP contribution in [0.4, 0.5) is 5.69 Å². The number of hydrogen-bond acceptors (Lipinski definition) is 12. The highest BCUT2D eigenvalue weighted by Gasteiger charge is 2.38. The van der Waals surface area contributed by atoms with E-state index in [1.54, 1.807) is 11.9 Å². The fourth-order valence-corrected chi connectivity index (χ4v) is 9.34. The number of likely N-dealkylation sites (N-methyl/N-ethyl adjacent to an activating group) is 1. The molecule has 0 aliphatic carbocycles. The third kappa shape index (κ3) is 17.8. The minimum atomic E-state index is -5.02. The lowest BCUT2D eigenvalue weighted by atomic mass is 9.83. The average molecular weight is 950 g/mol. The number of rotatable bonds is 24. The SMILES string of the molecule is CC[C@H](C)[C@H](CC(=O)C1CCCCN1C)C(=O)N(C)[C@H](C[C@@H](OC(C)=O)c1nc(C(=O)N[C@@H](Cc2ccc(OP(=O)(O)O)c(NC(=O)CCC(C)(C)C)c2)CC(C)C(=O)O)cs1)C(C)C. The summed E-state index contributed by atoms with van der Waals surface area (Å²) >= 11 is 1.10. The molecule has 0 spiro atoms. The van der Waals surface area contributed by atoms with Crippen molar-refractivity contribution >= 4 is 60.3 Å². The van der Waals surface area contributed by atoms with Gasteiger partial charge in [0.1, 0.15) is 10.7 Å². The Morgan fingerprint density at radius 2 is 1.74 bits per heavy atom. The van der Waals surface area contributed by atoms with Crippen LogP contribution in [0.15, 0.2) is 23.6 Å². The molecule has 1 aliphatic rings. The number of likely N-dealkylation sites (tertiary alicyclic amines) is 1. The number of esters is 1. The van der Waals surface area contributed by atoms with Gasteiger partial charge in [0.05, 0.1) is 17.6 Å². The van der Waals surface area contributed by atoms with Crippen molar-refractivity contribution in [1.29, 1.82) is 0 Å². The minimum Gasteiger partial charge on any atom is -0.481 e.